The molecule has 1 unspecified atom stereocenters. The number of carboxylic acid groups (broad SMARTS) is 1. The predicted molar refractivity (Wildman–Crippen MR) is 68.9 cm³/mol. The van der Waals surface area contributed by atoms with Gasteiger partial charge in [0.25, 0.3) is 0 Å². The highest BCUT2D eigenvalue weighted by Crippen LogP contribution is 2.51. The number of aliphatic carboxylic acids is 1. The minimum Gasteiger partial charge on any atom is -0.480 e. The third kappa shape index (κ3) is 2.16. The van der Waals surface area contributed by atoms with Crippen LogP contribution in [0.3, 0.4) is 0 Å². The Labute approximate surface area is 106 Å². The normalized spacial score (nSPS) is 33.7. The Morgan fingerprint density at radius 3 is 2.13 bits per heavy atom. The van der Waals surface area contributed by atoms with Crippen LogP contribution in [0.15, 0.2) is 0 Å². The molecule has 0 heterocycles. The summed E-state index contributed by atoms with van der Waals surface area (Å²) in [7, 11) is 0. The summed E-state index contributed by atoms with van der Waals surface area (Å²) >= 11 is 1.99. The van der Waals surface area contributed by atoms with Crippen LogP contribution in [0.2, 0.25) is 0 Å². The molecule has 0 spiro atoms. The summed E-state index contributed by atoms with van der Waals surface area (Å²) in [5.74, 6) is -0.727. The van der Waals surface area contributed by atoms with Crippen LogP contribution in [-0.2, 0) is 4.79 Å². The molecule has 0 bridgehead atoms. The molecule has 2 N–H and O–H groups in total. The Kier molecular flexibility index (Phi) is 3.42. The van der Waals surface area contributed by atoms with E-state index in [9.17, 15) is 9.90 Å². The van der Waals surface area contributed by atoms with Crippen molar-refractivity contribution in [3.05, 3.63) is 0 Å². The number of rotatable bonds is 2. The van der Waals surface area contributed by atoms with E-state index in [1.807, 2.05) is 36.7 Å². The lowest BCUT2D eigenvalue weighted by Gasteiger charge is -2.51. The van der Waals surface area contributed by atoms with E-state index in [0.717, 1.165) is 12.8 Å². The quantitative estimate of drug-likeness (QED) is 0.606. The molecule has 1 saturated carbocycles. The third-order valence-electron chi connectivity index (χ3n) is 3.85. The largest absolute Gasteiger partial charge is 0.480 e. The van der Waals surface area contributed by atoms with Crippen LogP contribution in [0.5, 0.6) is 0 Å². The number of nitrogens with one attached hydrogen (secondary N) is 1. The molecule has 3 nitrogen and oxygen atoms in total. The molecule has 0 saturated heterocycles. The fraction of sp³-hybridized carbons (Fsp3) is 0.909. The van der Waals surface area contributed by atoms with Gasteiger partial charge in [0.05, 0.1) is 0 Å². The molecule has 0 aliphatic heterocycles. The molecular formula is C11H20INO2. The fourth-order valence-corrected chi connectivity index (χ4v) is 3.63. The highest BCUT2D eigenvalue weighted by Gasteiger charge is 2.56. The minimum atomic E-state index is -0.796. The SMILES string of the molecule is CC1(C)CCC(C)(C)C(NI)(C(=O)O)C1. The van der Waals surface area contributed by atoms with Gasteiger partial charge in [0.1, 0.15) is 5.54 Å². The topological polar surface area (TPSA) is 49.3 Å². The number of carboxylic acids is 1. The van der Waals surface area contributed by atoms with E-state index in [0.29, 0.717) is 6.42 Å². The second kappa shape index (κ2) is 3.87. The maximum atomic E-state index is 11.5. The summed E-state index contributed by atoms with van der Waals surface area (Å²) in [5, 5.41) is 9.49. The molecule has 1 fully saturated rings. The van der Waals surface area contributed by atoms with Gasteiger partial charge in [-0.2, -0.15) is 0 Å². The molecule has 88 valence electrons. The van der Waals surface area contributed by atoms with E-state index in [-0.39, 0.29) is 10.8 Å². The molecular weight excluding hydrogens is 305 g/mol. The van der Waals surface area contributed by atoms with Gasteiger partial charge in [-0.25, -0.2) is 3.53 Å². The van der Waals surface area contributed by atoms with Gasteiger partial charge in [-0.1, -0.05) is 27.7 Å². The zero-order valence-electron chi connectivity index (χ0n) is 9.85. The summed E-state index contributed by atoms with van der Waals surface area (Å²) < 4.78 is 3.03. The molecule has 0 aromatic heterocycles. The van der Waals surface area contributed by atoms with Crippen LogP contribution in [0.1, 0.15) is 47.0 Å². The summed E-state index contributed by atoms with van der Waals surface area (Å²) in [6.45, 7) is 8.38. The lowest BCUT2D eigenvalue weighted by Crippen LogP contribution is -2.62. The molecule has 0 aromatic rings. The zero-order chi connectivity index (χ0) is 11.9. The van der Waals surface area contributed by atoms with E-state index < -0.39 is 11.5 Å². The Balaban J connectivity index is 3.13. The van der Waals surface area contributed by atoms with Gasteiger partial charge in [0, 0.05) is 22.9 Å². The average molecular weight is 325 g/mol. The van der Waals surface area contributed by atoms with Crippen molar-refractivity contribution in [3.63, 3.8) is 0 Å². The lowest BCUT2D eigenvalue weighted by molar-refractivity contribution is -0.154. The van der Waals surface area contributed by atoms with Gasteiger partial charge in [-0.05, 0) is 30.1 Å². The molecule has 1 aliphatic carbocycles. The highest BCUT2D eigenvalue weighted by molar-refractivity contribution is 14.1. The van der Waals surface area contributed by atoms with E-state index in [1.165, 1.54) is 0 Å². The first-order chi connectivity index (χ1) is 6.67. The van der Waals surface area contributed by atoms with Gasteiger partial charge in [-0.3, -0.25) is 4.79 Å². The van der Waals surface area contributed by atoms with Crippen molar-refractivity contribution >= 4 is 28.8 Å². The number of hydrogen-bond acceptors (Lipinski definition) is 2. The standard InChI is InChI=1S/C11H20INO2/c1-9(2)5-6-10(3,4)11(7-9,13-12)8(14)15/h13H,5-7H2,1-4H3,(H,14,15). The summed E-state index contributed by atoms with van der Waals surface area (Å²) in [5.41, 5.74) is -0.892. The smallest absolute Gasteiger partial charge is 0.325 e. The third-order valence-corrected chi connectivity index (χ3v) is 4.77. The lowest BCUT2D eigenvalue weighted by atomic mass is 9.56. The minimum absolute atomic E-state index is 0.103. The predicted octanol–water partition coefficient (Wildman–Crippen LogP) is 2.99. The first-order valence-corrected chi connectivity index (χ1v) is 6.36. The van der Waals surface area contributed by atoms with Crippen molar-refractivity contribution in [2.24, 2.45) is 10.8 Å². The molecule has 1 atom stereocenters. The van der Waals surface area contributed by atoms with E-state index in [1.54, 1.807) is 0 Å². The highest BCUT2D eigenvalue weighted by atomic mass is 127. The Morgan fingerprint density at radius 1 is 1.27 bits per heavy atom. The Bertz CT molecular complexity index is 276. The van der Waals surface area contributed by atoms with Crippen molar-refractivity contribution in [3.8, 4) is 0 Å². The van der Waals surface area contributed by atoms with Gasteiger partial charge >= 0.3 is 5.97 Å². The zero-order valence-corrected chi connectivity index (χ0v) is 12.0. The molecule has 0 radical (unpaired) electrons. The van der Waals surface area contributed by atoms with Crippen molar-refractivity contribution in [2.75, 3.05) is 0 Å². The molecule has 1 aliphatic rings. The van der Waals surface area contributed by atoms with Gasteiger partial charge in [0.2, 0.25) is 0 Å². The van der Waals surface area contributed by atoms with Crippen LogP contribution in [0.4, 0.5) is 0 Å². The van der Waals surface area contributed by atoms with Crippen LogP contribution in [-0.4, -0.2) is 16.6 Å². The fourth-order valence-electron chi connectivity index (χ4n) is 2.48. The average Bonchev–Trinajstić information content (AvgIpc) is 2.09. The monoisotopic (exact) mass is 325 g/mol. The molecule has 1 rings (SSSR count). The van der Waals surface area contributed by atoms with Crippen molar-refractivity contribution < 1.29 is 9.90 Å². The molecule has 0 amide bonds. The number of halogens is 1. The van der Waals surface area contributed by atoms with E-state index in [4.69, 9.17) is 0 Å². The molecule has 4 heteroatoms. The van der Waals surface area contributed by atoms with Crippen LogP contribution < -0.4 is 3.53 Å². The van der Waals surface area contributed by atoms with E-state index >= 15 is 0 Å². The van der Waals surface area contributed by atoms with Gasteiger partial charge in [-0.15, -0.1) is 0 Å². The van der Waals surface area contributed by atoms with E-state index in [2.05, 4.69) is 17.4 Å². The summed E-state index contributed by atoms with van der Waals surface area (Å²) in [6, 6.07) is 0. The first kappa shape index (κ1) is 13.2. The number of carbonyl (C=O) groups is 1. The van der Waals surface area contributed by atoms with Crippen molar-refractivity contribution in [2.45, 2.75) is 52.5 Å². The molecule has 0 aromatic carbocycles. The summed E-state index contributed by atoms with van der Waals surface area (Å²) in [4.78, 5) is 11.5. The van der Waals surface area contributed by atoms with Gasteiger partial charge in [0.15, 0.2) is 0 Å². The molecule has 15 heavy (non-hydrogen) atoms. The van der Waals surface area contributed by atoms with Crippen molar-refractivity contribution in [1.29, 1.82) is 0 Å². The second-order valence-electron chi connectivity index (χ2n) is 6.03. The van der Waals surface area contributed by atoms with Gasteiger partial charge < -0.3 is 5.11 Å². The van der Waals surface area contributed by atoms with Crippen LogP contribution in [0, 0.1) is 10.8 Å². The Hall–Kier alpha value is 0.160. The Morgan fingerprint density at radius 2 is 1.80 bits per heavy atom. The first-order valence-electron chi connectivity index (χ1n) is 5.28. The van der Waals surface area contributed by atoms with Crippen molar-refractivity contribution in [1.82, 2.24) is 3.53 Å². The van der Waals surface area contributed by atoms with Crippen LogP contribution in [0.25, 0.3) is 0 Å². The maximum Gasteiger partial charge on any atom is 0.325 e. The number of hydrogen-bond donors (Lipinski definition) is 2. The van der Waals surface area contributed by atoms with Crippen LogP contribution >= 0.6 is 22.9 Å². The maximum absolute atomic E-state index is 11.5. The second-order valence-corrected chi connectivity index (χ2v) is 6.57. The summed E-state index contributed by atoms with van der Waals surface area (Å²) in [6.07, 6.45) is 2.72.